The lowest BCUT2D eigenvalue weighted by molar-refractivity contribution is 0.0685. The average molecular weight is 230 g/mol. The molecule has 0 saturated heterocycles. The quantitative estimate of drug-likeness (QED) is 0.878. The summed E-state index contributed by atoms with van der Waals surface area (Å²) in [4.78, 5) is 4.12. The van der Waals surface area contributed by atoms with E-state index in [1.165, 1.54) is 0 Å². The Morgan fingerprint density at radius 1 is 1.29 bits per heavy atom. The van der Waals surface area contributed by atoms with Gasteiger partial charge in [0.2, 0.25) is 0 Å². The lowest BCUT2D eigenvalue weighted by Crippen LogP contribution is -2.19. The highest BCUT2D eigenvalue weighted by Gasteiger charge is 2.10. The van der Waals surface area contributed by atoms with E-state index < -0.39 is 0 Å². The third kappa shape index (κ3) is 2.81. The summed E-state index contributed by atoms with van der Waals surface area (Å²) in [6, 6.07) is 8.01. The molecule has 0 radical (unpaired) electrons. The van der Waals surface area contributed by atoms with Crippen LogP contribution >= 0.6 is 0 Å². The zero-order valence-electron chi connectivity index (χ0n) is 10.3. The highest BCUT2D eigenvalue weighted by Crippen LogP contribution is 2.22. The van der Waals surface area contributed by atoms with Crippen LogP contribution < -0.4 is 5.73 Å². The molecule has 0 aliphatic carbocycles. The second-order valence-corrected chi connectivity index (χ2v) is 4.43. The molecule has 1 aromatic heterocycles. The fourth-order valence-electron chi connectivity index (χ4n) is 1.86. The number of nitrogens with zero attached hydrogens (tertiary/aromatic N) is 1. The Morgan fingerprint density at radius 2 is 2.12 bits per heavy atom. The number of rotatable bonds is 4. The summed E-state index contributed by atoms with van der Waals surface area (Å²) in [5.41, 5.74) is 7.28. The molecule has 3 heteroatoms. The van der Waals surface area contributed by atoms with Crippen LogP contribution in [0.25, 0.3) is 10.8 Å². The summed E-state index contributed by atoms with van der Waals surface area (Å²) in [7, 11) is 0. The van der Waals surface area contributed by atoms with Gasteiger partial charge in [-0.2, -0.15) is 0 Å². The summed E-state index contributed by atoms with van der Waals surface area (Å²) in [6.45, 7) is 4.57. The van der Waals surface area contributed by atoms with Crippen LogP contribution in [0.1, 0.15) is 25.5 Å². The first kappa shape index (κ1) is 12.0. The minimum Gasteiger partial charge on any atom is -0.377 e. The molecule has 2 N–H and O–H groups in total. The molecule has 1 heterocycles. The normalized spacial score (nSPS) is 13.2. The van der Waals surface area contributed by atoms with E-state index in [-0.39, 0.29) is 12.1 Å². The van der Waals surface area contributed by atoms with Gasteiger partial charge in [0.05, 0.1) is 18.8 Å². The highest BCUT2D eigenvalue weighted by atomic mass is 16.5. The summed E-state index contributed by atoms with van der Waals surface area (Å²) < 4.78 is 5.57. The first-order chi connectivity index (χ1) is 8.18. The topological polar surface area (TPSA) is 48.1 Å². The van der Waals surface area contributed by atoms with Crippen molar-refractivity contribution >= 4 is 10.8 Å². The summed E-state index contributed by atoms with van der Waals surface area (Å²) >= 11 is 0. The van der Waals surface area contributed by atoms with Gasteiger partial charge < -0.3 is 10.5 Å². The van der Waals surface area contributed by atoms with Crippen LogP contribution in [0, 0.1) is 0 Å². The van der Waals surface area contributed by atoms with Gasteiger partial charge in [-0.25, -0.2) is 0 Å². The number of fused-ring (bicyclic) bond motifs is 1. The number of hydrogen-bond acceptors (Lipinski definition) is 3. The minimum absolute atomic E-state index is 0.0940. The molecule has 2 aromatic rings. The van der Waals surface area contributed by atoms with E-state index in [2.05, 4.69) is 11.1 Å². The van der Waals surface area contributed by atoms with Gasteiger partial charge in [0.15, 0.2) is 0 Å². The predicted molar refractivity (Wildman–Crippen MR) is 69.8 cm³/mol. The van der Waals surface area contributed by atoms with Gasteiger partial charge >= 0.3 is 0 Å². The number of pyridine rings is 1. The Kier molecular flexibility index (Phi) is 3.71. The van der Waals surface area contributed by atoms with Crippen molar-refractivity contribution in [3.63, 3.8) is 0 Å². The van der Waals surface area contributed by atoms with Crippen molar-refractivity contribution in [3.05, 3.63) is 42.2 Å². The van der Waals surface area contributed by atoms with Gasteiger partial charge in [-0.1, -0.05) is 18.2 Å². The number of benzene rings is 1. The lowest BCUT2D eigenvalue weighted by Gasteiger charge is -2.16. The van der Waals surface area contributed by atoms with Crippen molar-refractivity contribution in [2.24, 2.45) is 5.73 Å². The van der Waals surface area contributed by atoms with Gasteiger partial charge in [-0.05, 0) is 30.9 Å². The maximum Gasteiger partial charge on any atom is 0.0663 e. The first-order valence-electron chi connectivity index (χ1n) is 5.88. The molecule has 0 aliphatic rings. The van der Waals surface area contributed by atoms with Crippen LogP contribution in [0.3, 0.4) is 0 Å². The van der Waals surface area contributed by atoms with Gasteiger partial charge in [-0.15, -0.1) is 0 Å². The largest absolute Gasteiger partial charge is 0.377 e. The van der Waals surface area contributed by atoms with E-state index in [0.29, 0.717) is 6.61 Å². The lowest BCUT2D eigenvalue weighted by atomic mass is 10.0. The molecule has 0 fully saturated rings. The minimum atomic E-state index is -0.0940. The summed E-state index contributed by atoms with van der Waals surface area (Å²) in [5.74, 6) is 0. The Hall–Kier alpha value is -1.45. The molecule has 0 amide bonds. The summed E-state index contributed by atoms with van der Waals surface area (Å²) in [6.07, 6.45) is 3.86. The monoisotopic (exact) mass is 230 g/mol. The molecule has 0 saturated carbocycles. The standard InChI is InChI=1S/C14H18N2O/c1-10(2)17-9-14(15)13-5-3-4-11-8-16-7-6-12(11)13/h3-8,10,14H,9,15H2,1-2H3. The molecule has 2 rings (SSSR count). The van der Waals surface area contributed by atoms with E-state index in [1.54, 1.807) is 6.20 Å². The predicted octanol–water partition coefficient (Wildman–Crippen LogP) is 2.66. The molecule has 0 spiro atoms. The summed E-state index contributed by atoms with van der Waals surface area (Å²) in [5, 5.41) is 2.27. The second kappa shape index (κ2) is 5.25. The molecule has 0 aliphatic heterocycles. The van der Waals surface area contributed by atoms with Gasteiger partial charge in [0.25, 0.3) is 0 Å². The number of ether oxygens (including phenoxy) is 1. The van der Waals surface area contributed by atoms with Crippen molar-refractivity contribution in [1.29, 1.82) is 0 Å². The van der Waals surface area contributed by atoms with E-state index in [9.17, 15) is 0 Å². The van der Waals surface area contributed by atoms with Crippen LogP contribution in [-0.4, -0.2) is 17.7 Å². The van der Waals surface area contributed by atoms with E-state index in [4.69, 9.17) is 10.5 Å². The average Bonchev–Trinajstić information content (AvgIpc) is 2.35. The van der Waals surface area contributed by atoms with E-state index in [0.717, 1.165) is 16.3 Å². The van der Waals surface area contributed by atoms with Crippen molar-refractivity contribution in [2.45, 2.75) is 26.0 Å². The fourth-order valence-corrected chi connectivity index (χ4v) is 1.86. The zero-order chi connectivity index (χ0) is 12.3. The van der Waals surface area contributed by atoms with Crippen molar-refractivity contribution < 1.29 is 4.74 Å². The molecular formula is C14H18N2O. The molecule has 1 unspecified atom stereocenters. The second-order valence-electron chi connectivity index (χ2n) is 4.43. The fraction of sp³-hybridized carbons (Fsp3) is 0.357. The molecule has 3 nitrogen and oxygen atoms in total. The van der Waals surface area contributed by atoms with Crippen molar-refractivity contribution in [2.75, 3.05) is 6.61 Å². The number of nitrogens with two attached hydrogens (primary N) is 1. The maximum atomic E-state index is 6.16. The molecule has 17 heavy (non-hydrogen) atoms. The Bertz CT molecular complexity index is 491. The molecule has 1 aromatic carbocycles. The third-order valence-electron chi connectivity index (χ3n) is 2.72. The smallest absolute Gasteiger partial charge is 0.0663 e. The van der Waals surface area contributed by atoms with Crippen LogP contribution in [0.4, 0.5) is 0 Å². The SMILES string of the molecule is CC(C)OCC(N)c1cccc2cnccc12. The first-order valence-corrected chi connectivity index (χ1v) is 5.88. The van der Waals surface area contributed by atoms with Crippen molar-refractivity contribution in [1.82, 2.24) is 4.98 Å². The third-order valence-corrected chi connectivity index (χ3v) is 2.72. The Balaban J connectivity index is 2.28. The van der Waals surface area contributed by atoms with Gasteiger partial charge in [0, 0.05) is 17.8 Å². The number of hydrogen-bond donors (Lipinski definition) is 1. The molecule has 90 valence electrons. The molecule has 0 bridgehead atoms. The maximum absolute atomic E-state index is 6.16. The van der Waals surface area contributed by atoms with E-state index in [1.807, 2.05) is 38.2 Å². The number of aromatic nitrogens is 1. The van der Waals surface area contributed by atoms with Crippen LogP contribution in [0.2, 0.25) is 0 Å². The van der Waals surface area contributed by atoms with Gasteiger partial charge in [-0.3, -0.25) is 4.98 Å². The highest BCUT2D eigenvalue weighted by molar-refractivity contribution is 5.85. The Labute approximate surface area is 102 Å². The van der Waals surface area contributed by atoms with Crippen LogP contribution in [-0.2, 0) is 4.74 Å². The van der Waals surface area contributed by atoms with Gasteiger partial charge in [0.1, 0.15) is 0 Å². The molecule has 1 atom stereocenters. The zero-order valence-corrected chi connectivity index (χ0v) is 10.3. The molecular weight excluding hydrogens is 212 g/mol. The van der Waals surface area contributed by atoms with Crippen LogP contribution in [0.15, 0.2) is 36.7 Å². The Morgan fingerprint density at radius 3 is 2.88 bits per heavy atom. The van der Waals surface area contributed by atoms with E-state index >= 15 is 0 Å². The van der Waals surface area contributed by atoms with Crippen molar-refractivity contribution in [3.8, 4) is 0 Å². The van der Waals surface area contributed by atoms with Crippen LogP contribution in [0.5, 0.6) is 0 Å².